The predicted octanol–water partition coefficient (Wildman–Crippen LogP) is 4.53. The molecule has 0 heterocycles. The predicted molar refractivity (Wildman–Crippen MR) is 90.8 cm³/mol. The monoisotopic (exact) mass is 298 g/mol. The van der Waals surface area contributed by atoms with Gasteiger partial charge in [-0.2, -0.15) is 5.26 Å². The van der Waals surface area contributed by atoms with Crippen LogP contribution in [0, 0.1) is 11.3 Å². The van der Waals surface area contributed by atoms with Crippen molar-refractivity contribution >= 4 is 17.2 Å². The van der Waals surface area contributed by atoms with E-state index in [1.165, 1.54) is 0 Å². The van der Waals surface area contributed by atoms with Crippen LogP contribution in [0.25, 0.3) is 0 Å². The molecule has 0 radical (unpaired) electrons. The Labute approximate surface area is 134 Å². The van der Waals surface area contributed by atoms with Gasteiger partial charge >= 0.3 is 0 Å². The van der Waals surface area contributed by atoms with Crippen LogP contribution in [0.5, 0.6) is 0 Å². The SMILES string of the molecule is N#Cc1ccc(Nc2ccc(C(=O)c3ccccc3)cc2)cc1. The Morgan fingerprint density at radius 3 is 1.83 bits per heavy atom. The molecule has 0 atom stereocenters. The summed E-state index contributed by atoms with van der Waals surface area (Å²) in [5.74, 6) is 0.00974. The minimum atomic E-state index is 0.00974. The van der Waals surface area contributed by atoms with Gasteiger partial charge in [0.1, 0.15) is 0 Å². The number of hydrogen-bond donors (Lipinski definition) is 1. The van der Waals surface area contributed by atoms with Crippen LogP contribution in [0.1, 0.15) is 21.5 Å². The fourth-order valence-electron chi connectivity index (χ4n) is 2.26. The number of hydrogen-bond acceptors (Lipinski definition) is 3. The van der Waals surface area contributed by atoms with Gasteiger partial charge in [-0.25, -0.2) is 0 Å². The largest absolute Gasteiger partial charge is 0.356 e. The molecule has 0 aromatic heterocycles. The number of carbonyl (C=O) groups excluding carboxylic acids is 1. The number of nitrogens with one attached hydrogen (secondary N) is 1. The van der Waals surface area contributed by atoms with Gasteiger partial charge in [-0.15, -0.1) is 0 Å². The average Bonchev–Trinajstić information content (AvgIpc) is 2.63. The third-order valence-corrected chi connectivity index (χ3v) is 3.49. The van der Waals surface area contributed by atoms with Crippen LogP contribution in [0.15, 0.2) is 78.9 Å². The third kappa shape index (κ3) is 3.45. The molecule has 3 heteroatoms. The van der Waals surface area contributed by atoms with E-state index < -0.39 is 0 Å². The van der Waals surface area contributed by atoms with Gasteiger partial charge in [-0.3, -0.25) is 4.79 Å². The van der Waals surface area contributed by atoms with Crippen molar-refractivity contribution < 1.29 is 4.79 Å². The van der Waals surface area contributed by atoms with Crippen molar-refractivity contribution in [1.29, 1.82) is 5.26 Å². The van der Waals surface area contributed by atoms with Gasteiger partial charge in [0.05, 0.1) is 11.6 Å². The lowest BCUT2D eigenvalue weighted by Gasteiger charge is -2.07. The summed E-state index contributed by atoms with van der Waals surface area (Å²) in [6, 6.07) is 25.9. The zero-order valence-corrected chi connectivity index (χ0v) is 12.4. The van der Waals surface area contributed by atoms with Gasteiger partial charge in [0.25, 0.3) is 0 Å². The maximum atomic E-state index is 12.3. The highest BCUT2D eigenvalue weighted by molar-refractivity contribution is 6.09. The lowest BCUT2D eigenvalue weighted by atomic mass is 10.0. The van der Waals surface area contributed by atoms with E-state index in [2.05, 4.69) is 11.4 Å². The first-order valence-electron chi connectivity index (χ1n) is 7.23. The molecule has 3 rings (SSSR count). The average molecular weight is 298 g/mol. The van der Waals surface area contributed by atoms with Crippen molar-refractivity contribution in [2.45, 2.75) is 0 Å². The molecule has 0 fully saturated rings. The molecule has 0 saturated heterocycles. The molecule has 0 aliphatic heterocycles. The topological polar surface area (TPSA) is 52.9 Å². The lowest BCUT2D eigenvalue weighted by molar-refractivity contribution is 0.103. The fourth-order valence-corrected chi connectivity index (χ4v) is 2.26. The molecule has 0 spiro atoms. The van der Waals surface area contributed by atoms with Crippen LogP contribution in [0.2, 0.25) is 0 Å². The van der Waals surface area contributed by atoms with Crippen molar-refractivity contribution in [2.75, 3.05) is 5.32 Å². The van der Waals surface area contributed by atoms with E-state index in [0.717, 1.165) is 11.4 Å². The molecular weight excluding hydrogens is 284 g/mol. The number of nitriles is 1. The summed E-state index contributed by atoms with van der Waals surface area (Å²) in [4.78, 5) is 12.3. The molecule has 3 nitrogen and oxygen atoms in total. The molecule has 0 aliphatic carbocycles. The first-order chi connectivity index (χ1) is 11.3. The highest BCUT2D eigenvalue weighted by Crippen LogP contribution is 2.19. The number of carbonyl (C=O) groups is 1. The van der Waals surface area contributed by atoms with Crippen molar-refractivity contribution in [3.63, 3.8) is 0 Å². The van der Waals surface area contributed by atoms with Crippen LogP contribution >= 0.6 is 0 Å². The van der Waals surface area contributed by atoms with E-state index >= 15 is 0 Å². The van der Waals surface area contributed by atoms with E-state index in [9.17, 15) is 4.79 Å². The molecule has 0 unspecified atom stereocenters. The maximum absolute atomic E-state index is 12.3. The van der Waals surface area contributed by atoms with Gasteiger partial charge in [0.2, 0.25) is 0 Å². The van der Waals surface area contributed by atoms with Gasteiger partial charge < -0.3 is 5.32 Å². The first-order valence-corrected chi connectivity index (χ1v) is 7.23. The van der Waals surface area contributed by atoms with Crippen molar-refractivity contribution in [2.24, 2.45) is 0 Å². The van der Waals surface area contributed by atoms with E-state index in [4.69, 9.17) is 5.26 Å². The van der Waals surface area contributed by atoms with Crippen molar-refractivity contribution in [1.82, 2.24) is 0 Å². The summed E-state index contributed by atoms with van der Waals surface area (Å²) in [6.45, 7) is 0. The van der Waals surface area contributed by atoms with E-state index in [-0.39, 0.29) is 5.78 Å². The Kier molecular flexibility index (Phi) is 4.17. The van der Waals surface area contributed by atoms with Gasteiger partial charge in [-0.05, 0) is 48.5 Å². The molecule has 0 saturated carbocycles. The number of benzene rings is 3. The third-order valence-electron chi connectivity index (χ3n) is 3.49. The van der Waals surface area contributed by atoms with Crippen LogP contribution in [-0.4, -0.2) is 5.78 Å². The van der Waals surface area contributed by atoms with Crippen molar-refractivity contribution in [3.8, 4) is 6.07 Å². The summed E-state index contributed by atoms with van der Waals surface area (Å²) in [5, 5.41) is 12.0. The number of rotatable bonds is 4. The Morgan fingerprint density at radius 2 is 1.26 bits per heavy atom. The van der Waals surface area contributed by atoms with E-state index in [1.807, 2.05) is 54.6 Å². The fraction of sp³-hybridized carbons (Fsp3) is 0. The molecule has 1 N–H and O–H groups in total. The molecule has 3 aromatic carbocycles. The summed E-state index contributed by atoms with van der Waals surface area (Å²) < 4.78 is 0. The molecule has 3 aromatic rings. The first kappa shape index (κ1) is 14.6. The summed E-state index contributed by atoms with van der Waals surface area (Å²) in [5.41, 5.74) is 3.74. The maximum Gasteiger partial charge on any atom is 0.193 e. The standard InChI is InChI=1S/C20H14N2O/c21-14-15-6-10-18(11-7-15)22-19-12-8-17(9-13-19)20(23)16-4-2-1-3-5-16/h1-13,22H. The molecule has 0 aliphatic rings. The summed E-state index contributed by atoms with van der Waals surface area (Å²) in [7, 11) is 0. The van der Waals surface area contributed by atoms with Crippen LogP contribution in [0.3, 0.4) is 0 Å². The van der Waals surface area contributed by atoms with Crippen molar-refractivity contribution in [3.05, 3.63) is 95.6 Å². The Balaban J connectivity index is 1.74. The van der Waals surface area contributed by atoms with Gasteiger partial charge in [0.15, 0.2) is 5.78 Å². The number of ketones is 1. The molecule has 0 amide bonds. The minimum Gasteiger partial charge on any atom is -0.356 e. The number of anilines is 2. The Morgan fingerprint density at radius 1 is 0.739 bits per heavy atom. The lowest BCUT2D eigenvalue weighted by Crippen LogP contribution is -2.01. The van der Waals surface area contributed by atoms with Gasteiger partial charge in [-0.1, -0.05) is 30.3 Å². The van der Waals surface area contributed by atoms with Crippen LogP contribution < -0.4 is 5.32 Å². The zero-order valence-electron chi connectivity index (χ0n) is 12.4. The minimum absolute atomic E-state index is 0.00974. The molecule has 110 valence electrons. The highest BCUT2D eigenvalue weighted by atomic mass is 16.1. The summed E-state index contributed by atoms with van der Waals surface area (Å²) >= 11 is 0. The second-order valence-electron chi connectivity index (χ2n) is 5.09. The molecule has 23 heavy (non-hydrogen) atoms. The number of nitrogens with zero attached hydrogens (tertiary/aromatic N) is 1. The molecule has 0 bridgehead atoms. The van der Waals surface area contributed by atoms with Gasteiger partial charge in [0, 0.05) is 22.5 Å². The summed E-state index contributed by atoms with van der Waals surface area (Å²) in [6.07, 6.45) is 0. The Bertz CT molecular complexity index is 845. The second-order valence-corrected chi connectivity index (χ2v) is 5.09. The van der Waals surface area contributed by atoms with Crippen LogP contribution in [-0.2, 0) is 0 Å². The second kappa shape index (κ2) is 6.59. The van der Waals surface area contributed by atoms with E-state index in [0.29, 0.717) is 16.7 Å². The molecular formula is C20H14N2O. The Hall–Kier alpha value is -3.38. The van der Waals surface area contributed by atoms with E-state index in [1.54, 1.807) is 24.3 Å². The highest BCUT2D eigenvalue weighted by Gasteiger charge is 2.08. The van der Waals surface area contributed by atoms with Crippen LogP contribution in [0.4, 0.5) is 11.4 Å². The zero-order chi connectivity index (χ0) is 16.1. The quantitative estimate of drug-likeness (QED) is 0.720. The normalized spacial score (nSPS) is 9.87. The smallest absolute Gasteiger partial charge is 0.193 e.